The van der Waals surface area contributed by atoms with Crippen molar-refractivity contribution in [3.05, 3.63) is 0 Å². The monoisotopic (exact) mass is 214 g/mol. The Balaban J connectivity index is 4.03. The molecule has 1 unspecified atom stereocenters. The number of nitrogens with zero attached hydrogens (tertiary/aromatic N) is 1. The van der Waals surface area contributed by atoms with E-state index in [0.717, 1.165) is 38.0 Å². The zero-order valence-corrected chi connectivity index (χ0v) is 10.4. The van der Waals surface area contributed by atoms with E-state index >= 15 is 0 Å². The van der Waals surface area contributed by atoms with Crippen molar-refractivity contribution in [1.29, 1.82) is 5.26 Å². The molecule has 3 heteroatoms. The first kappa shape index (κ1) is 13.8. The van der Waals surface area contributed by atoms with Crippen molar-refractivity contribution in [1.82, 2.24) is 5.32 Å². The zero-order chi connectivity index (χ0) is 10.9. The normalized spacial score (nSPS) is 14.7. The molecule has 0 aromatic heterocycles. The Labute approximate surface area is 92.5 Å². The average Bonchev–Trinajstić information content (AvgIpc) is 2.24. The Morgan fingerprint density at radius 3 is 2.57 bits per heavy atom. The van der Waals surface area contributed by atoms with E-state index < -0.39 is 0 Å². The van der Waals surface area contributed by atoms with Gasteiger partial charge in [0.25, 0.3) is 0 Å². The summed E-state index contributed by atoms with van der Waals surface area (Å²) in [7, 11) is 0. The van der Waals surface area contributed by atoms with Gasteiger partial charge in [0.05, 0.1) is 6.07 Å². The van der Waals surface area contributed by atoms with Crippen molar-refractivity contribution >= 4 is 11.8 Å². The first-order chi connectivity index (χ1) is 6.74. The van der Waals surface area contributed by atoms with E-state index in [-0.39, 0.29) is 5.54 Å². The lowest BCUT2D eigenvalue weighted by molar-refractivity contribution is 0.371. The molecule has 82 valence electrons. The second-order valence-corrected chi connectivity index (χ2v) is 4.56. The third kappa shape index (κ3) is 4.88. The van der Waals surface area contributed by atoms with Crippen LogP contribution in [0.1, 0.15) is 39.5 Å². The summed E-state index contributed by atoms with van der Waals surface area (Å²) in [5.74, 6) is 1.15. The lowest BCUT2D eigenvalue weighted by Gasteiger charge is -2.26. The third-order valence-electron chi connectivity index (χ3n) is 2.48. The Morgan fingerprint density at radius 1 is 1.43 bits per heavy atom. The van der Waals surface area contributed by atoms with Crippen LogP contribution in [-0.2, 0) is 0 Å². The van der Waals surface area contributed by atoms with Crippen LogP contribution in [0.15, 0.2) is 0 Å². The standard InChI is InChI=1S/C11H22N2S/c1-4-8-13-11(5-2,10-12)7-6-9-14-3/h13H,4-9H2,1-3H3. The molecule has 1 N–H and O–H groups in total. The van der Waals surface area contributed by atoms with Crippen molar-refractivity contribution in [2.75, 3.05) is 18.6 Å². The van der Waals surface area contributed by atoms with Crippen LogP contribution < -0.4 is 5.32 Å². The molecule has 0 aliphatic rings. The fraction of sp³-hybridized carbons (Fsp3) is 0.909. The third-order valence-corrected chi connectivity index (χ3v) is 3.18. The summed E-state index contributed by atoms with van der Waals surface area (Å²) >= 11 is 1.85. The van der Waals surface area contributed by atoms with Gasteiger partial charge in [-0.3, -0.25) is 5.32 Å². The van der Waals surface area contributed by atoms with Crippen LogP contribution in [0.3, 0.4) is 0 Å². The van der Waals surface area contributed by atoms with Crippen LogP contribution in [0.25, 0.3) is 0 Å². The number of nitriles is 1. The van der Waals surface area contributed by atoms with Gasteiger partial charge in [0, 0.05) is 0 Å². The van der Waals surface area contributed by atoms with Crippen LogP contribution in [-0.4, -0.2) is 24.1 Å². The molecule has 0 saturated carbocycles. The largest absolute Gasteiger partial charge is 0.299 e. The molecule has 0 heterocycles. The maximum Gasteiger partial charge on any atom is 0.106 e. The van der Waals surface area contributed by atoms with Crippen LogP contribution in [0.5, 0.6) is 0 Å². The first-order valence-corrected chi connectivity index (χ1v) is 6.79. The van der Waals surface area contributed by atoms with Gasteiger partial charge in [0.2, 0.25) is 0 Å². The molecule has 0 saturated heterocycles. The number of hydrogen-bond acceptors (Lipinski definition) is 3. The second-order valence-electron chi connectivity index (χ2n) is 3.57. The van der Waals surface area contributed by atoms with E-state index in [1.807, 2.05) is 11.8 Å². The fourth-order valence-corrected chi connectivity index (χ4v) is 1.88. The molecule has 0 aromatic carbocycles. The van der Waals surface area contributed by atoms with E-state index in [0.29, 0.717) is 0 Å². The molecule has 0 spiro atoms. The summed E-state index contributed by atoms with van der Waals surface area (Å²) in [4.78, 5) is 0. The van der Waals surface area contributed by atoms with Gasteiger partial charge < -0.3 is 0 Å². The van der Waals surface area contributed by atoms with Gasteiger partial charge in [0.15, 0.2) is 0 Å². The molecule has 1 atom stereocenters. The van der Waals surface area contributed by atoms with Crippen molar-refractivity contribution in [2.24, 2.45) is 0 Å². The Morgan fingerprint density at radius 2 is 2.14 bits per heavy atom. The second kappa shape index (κ2) is 8.14. The Bertz CT molecular complexity index is 177. The highest BCUT2D eigenvalue weighted by atomic mass is 32.2. The predicted octanol–water partition coefficient (Wildman–Crippen LogP) is 2.80. The number of nitrogens with one attached hydrogen (secondary N) is 1. The van der Waals surface area contributed by atoms with Crippen LogP contribution in [0.4, 0.5) is 0 Å². The smallest absolute Gasteiger partial charge is 0.106 e. The van der Waals surface area contributed by atoms with E-state index in [4.69, 9.17) is 0 Å². The summed E-state index contributed by atoms with van der Waals surface area (Å²) in [5.41, 5.74) is -0.272. The van der Waals surface area contributed by atoms with E-state index in [1.54, 1.807) is 0 Å². The van der Waals surface area contributed by atoms with E-state index in [1.165, 1.54) is 0 Å². The first-order valence-electron chi connectivity index (χ1n) is 5.40. The highest BCUT2D eigenvalue weighted by Crippen LogP contribution is 2.17. The van der Waals surface area contributed by atoms with Crippen molar-refractivity contribution < 1.29 is 0 Å². The molecule has 2 nitrogen and oxygen atoms in total. The molecule has 14 heavy (non-hydrogen) atoms. The molecule has 0 bridgehead atoms. The lowest BCUT2D eigenvalue weighted by Crippen LogP contribution is -2.43. The van der Waals surface area contributed by atoms with Gasteiger partial charge in [-0.1, -0.05) is 13.8 Å². The molecular weight excluding hydrogens is 192 g/mol. The summed E-state index contributed by atoms with van der Waals surface area (Å²) in [6.45, 7) is 5.17. The zero-order valence-electron chi connectivity index (χ0n) is 9.60. The van der Waals surface area contributed by atoms with Gasteiger partial charge >= 0.3 is 0 Å². The molecule has 0 fully saturated rings. The minimum atomic E-state index is -0.272. The summed E-state index contributed by atoms with van der Waals surface area (Å²) in [6.07, 6.45) is 6.20. The molecule has 0 aliphatic carbocycles. The number of hydrogen-bond donors (Lipinski definition) is 1. The number of thioether (sulfide) groups is 1. The maximum atomic E-state index is 9.18. The minimum absolute atomic E-state index is 0.272. The summed E-state index contributed by atoms with van der Waals surface area (Å²) in [6, 6.07) is 2.44. The predicted molar refractivity (Wildman–Crippen MR) is 64.5 cm³/mol. The maximum absolute atomic E-state index is 9.18. The molecule has 0 aromatic rings. The van der Waals surface area contributed by atoms with E-state index in [9.17, 15) is 5.26 Å². The van der Waals surface area contributed by atoms with Crippen molar-refractivity contribution in [3.8, 4) is 6.07 Å². The summed E-state index contributed by atoms with van der Waals surface area (Å²) in [5, 5.41) is 12.6. The quantitative estimate of drug-likeness (QED) is 0.631. The van der Waals surface area contributed by atoms with Gasteiger partial charge in [-0.2, -0.15) is 17.0 Å². The topological polar surface area (TPSA) is 35.8 Å². The lowest BCUT2D eigenvalue weighted by atomic mass is 9.92. The van der Waals surface area contributed by atoms with Gasteiger partial charge in [-0.25, -0.2) is 0 Å². The van der Waals surface area contributed by atoms with Gasteiger partial charge in [0.1, 0.15) is 5.54 Å². The minimum Gasteiger partial charge on any atom is -0.299 e. The summed E-state index contributed by atoms with van der Waals surface area (Å²) < 4.78 is 0. The van der Waals surface area contributed by atoms with Gasteiger partial charge in [-0.15, -0.1) is 0 Å². The Hall–Kier alpha value is -0.200. The SMILES string of the molecule is CCCNC(C#N)(CC)CCCSC. The Kier molecular flexibility index (Phi) is 8.02. The van der Waals surface area contributed by atoms with E-state index in [2.05, 4.69) is 31.5 Å². The van der Waals surface area contributed by atoms with Crippen LogP contribution in [0.2, 0.25) is 0 Å². The molecule has 0 radical (unpaired) electrons. The number of rotatable bonds is 8. The highest BCUT2D eigenvalue weighted by molar-refractivity contribution is 7.98. The van der Waals surface area contributed by atoms with Gasteiger partial charge in [-0.05, 0) is 44.2 Å². The van der Waals surface area contributed by atoms with Crippen LogP contribution >= 0.6 is 11.8 Å². The fourth-order valence-electron chi connectivity index (χ4n) is 1.45. The van der Waals surface area contributed by atoms with Crippen molar-refractivity contribution in [2.45, 2.75) is 45.1 Å². The molecule has 0 rings (SSSR count). The van der Waals surface area contributed by atoms with Crippen LogP contribution in [0, 0.1) is 11.3 Å². The molecule has 0 aliphatic heterocycles. The average molecular weight is 214 g/mol. The highest BCUT2D eigenvalue weighted by Gasteiger charge is 2.25. The molecular formula is C11H22N2S. The van der Waals surface area contributed by atoms with Crippen molar-refractivity contribution in [3.63, 3.8) is 0 Å². The molecule has 0 amide bonds.